The Morgan fingerprint density at radius 2 is 2.24 bits per heavy atom. The molecule has 1 fully saturated rings. The molecule has 0 aliphatic carbocycles. The average molecular weight is 322 g/mol. The zero-order chi connectivity index (χ0) is 15.8. The molecule has 3 atom stereocenters. The van der Waals surface area contributed by atoms with Crippen LogP contribution in [0.25, 0.3) is 0 Å². The van der Waals surface area contributed by atoms with Gasteiger partial charge in [-0.25, -0.2) is 4.79 Å². The largest absolute Gasteiger partial charge is 0.388 e. The van der Waals surface area contributed by atoms with Crippen LogP contribution >= 0.6 is 7.60 Å². The molecule has 0 unspecified atom stereocenters. The molecule has 10 nitrogen and oxygen atoms in total. The van der Waals surface area contributed by atoms with Gasteiger partial charge < -0.3 is 24.4 Å². The molecule has 1 aliphatic rings. The van der Waals surface area contributed by atoms with Crippen molar-refractivity contribution in [2.24, 2.45) is 0 Å². The van der Waals surface area contributed by atoms with Crippen molar-refractivity contribution in [3.05, 3.63) is 33.1 Å². The third kappa shape index (κ3) is 3.67. The highest BCUT2D eigenvalue weighted by molar-refractivity contribution is 7.51. The molecular formula is C10H15N2O8P. The van der Waals surface area contributed by atoms with E-state index in [1.165, 1.54) is 13.1 Å². The van der Waals surface area contributed by atoms with E-state index in [1.807, 2.05) is 0 Å². The summed E-state index contributed by atoms with van der Waals surface area (Å²) in [6, 6.07) is 1.12. The first kappa shape index (κ1) is 16.1. The molecule has 118 valence electrons. The summed E-state index contributed by atoms with van der Waals surface area (Å²) in [5, 5.41) is 9.84. The summed E-state index contributed by atoms with van der Waals surface area (Å²) in [7, 11) is -4.40. The third-order valence-electron chi connectivity index (χ3n) is 3.01. The first-order valence-electron chi connectivity index (χ1n) is 5.95. The molecule has 1 aliphatic heterocycles. The van der Waals surface area contributed by atoms with E-state index < -0.39 is 43.3 Å². The van der Waals surface area contributed by atoms with E-state index in [0.717, 1.165) is 10.6 Å². The van der Waals surface area contributed by atoms with Crippen LogP contribution in [0.15, 0.2) is 21.9 Å². The lowest BCUT2D eigenvalue weighted by Gasteiger charge is -2.26. The van der Waals surface area contributed by atoms with E-state index in [2.05, 4.69) is 4.98 Å². The molecule has 1 aromatic heterocycles. The van der Waals surface area contributed by atoms with E-state index >= 15 is 0 Å². The van der Waals surface area contributed by atoms with Gasteiger partial charge >= 0.3 is 13.3 Å². The quantitative estimate of drug-likeness (QED) is 0.487. The Bertz CT molecular complexity index is 678. The van der Waals surface area contributed by atoms with Crippen LogP contribution < -0.4 is 11.2 Å². The second-order valence-electron chi connectivity index (χ2n) is 4.87. The normalized spacial score (nSPS) is 29.7. The Kier molecular flexibility index (Phi) is 4.20. The van der Waals surface area contributed by atoms with Crippen LogP contribution in [0.5, 0.6) is 0 Å². The fourth-order valence-electron chi connectivity index (χ4n) is 2.12. The number of nitrogens with zero attached hydrogens (tertiary/aromatic N) is 1. The van der Waals surface area contributed by atoms with Crippen molar-refractivity contribution >= 4 is 7.60 Å². The minimum absolute atomic E-state index is 0.0508. The second kappa shape index (κ2) is 5.48. The summed E-state index contributed by atoms with van der Waals surface area (Å²) in [4.78, 5) is 42.3. The lowest BCUT2D eigenvalue weighted by Crippen LogP contribution is -2.42. The smallest absolute Gasteiger partial charge is 0.351 e. The van der Waals surface area contributed by atoms with Crippen molar-refractivity contribution < 1.29 is 28.9 Å². The van der Waals surface area contributed by atoms with Crippen molar-refractivity contribution in [2.45, 2.75) is 31.5 Å². The molecule has 0 saturated carbocycles. The third-order valence-corrected chi connectivity index (χ3v) is 3.50. The first-order valence-corrected chi connectivity index (χ1v) is 7.75. The Labute approximate surface area is 118 Å². The summed E-state index contributed by atoms with van der Waals surface area (Å²) in [6.07, 6.45) is -2.23. The molecular weight excluding hydrogens is 307 g/mol. The van der Waals surface area contributed by atoms with Gasteiger partial charge in [-0.15, -0.1) is 0 Å². The molecule has 1 aromatic rings. The fourth-order valence-corrected chi connectivity index (χ4v) is 2.46. The van der Waals surface area contributed by atoms with Gasteiger partial charge in [0.15, 0.2) is 18.4 Å². The van der Waals surface area contributed by atoms with E-state index in [0.29, 0.717) is 0 Å². The standard InChI is InChI=1S/C10H15N2O8P/c1-10(12-3-2-7(14)11-9(12)15)4-6(13)8(20-10)19-5-21(16,17)18/h2-3,6,8,13H,4-5H2,1H3,(H,11,14,15)(H2,16,17,18)/t6-,8-,10+/m0/s1. The van der Waals surface area contributed by atoms with Gasteiger partial charge in [0.05, 0.1) is 0 Å². The Morgan fingerprint density at radius 3 is 2.81 bits per heavy atom. The molecule has 21 heavy (non-hydrogen) atoms. The van der Waals surface area contributed by atoms with Gasteiger partial charge in [-0.1, -0.05) is 0 Å². The van der Waals surface area contributed by atoms with Gasteiger partial charge in [-0.3, -0.25) is 18.9 Å². The highest BCUT2D eigenvalue weighted by Crippen LogP contribution is 2.39. The van der Waals surface area contributed by atoms with Crippen LogP contribution in [0.1, 0.15) is 13.3 Å². The highest BCUT2D eigenvalue weighted by atomic mass is 31.2. The molecule has 0 spiro atoms. The molecule has 0 radical (unpaired) electrons. The molecule has 11 heteroatoms. The van der Waals surface area contributed by atoms with Gasteiger partial charge in [0, 0.05) is 18.7 Å². The number of aromatic nitrogens is 2. The van der Waals surface area contributed by atoms with Crippen LogP contribution in [-0.2, 0) is 19.8 Å². The van der Waals surface area contributed by atoms with Crippen LogP contribution in [-0.4, -0.2) is 43.2 Å². The maximum atomic E-state index is 11.7. The SMILES string of the molecule is C[C@]1(n2ccc(=O)[nH]c2=O)C[C@H](O)[C@@H](OCP(=O)(O)O)O1. The van der Waals surface area contributed by atoms with E-state index in [-0.39, 0.29) is 6.42 Å². The molecule has 0 bridgehead atoms. The van der Waals surface area contributed by atoms with E-state index in [4.69, 9.17) is 19.3 Å². The first-order chi connectivity index (χ1) is 9.61. The number of H-pyrrole nitrogens is 1. The number of hydrogen-bond acceptors (Lipinski definition) is 6. The minimum Gasteiger partial charge on any atom is -0.388 e. The summed E-state index contributed by atoms with van der Waals surface area (Å²) in [5.74, 6) is 0. The Morgan fingerprint density at radius 1 is 1.57 bits per heavy atom. The predicted octanol–water partition coefficient (Wildman–Crippen LogP) is -1.53. The van der Waals surface area contributed by atoms with Crippen LogP contribution in [0, 0.1) is 0 Å². The summed E-state index contributed by atoms with van der Waals surface area (Å²) in [6.45, 7) is 1.48. The number of aliphatic hydroxyl groups excluding tert-OH is 1. The van der Waals surface area contributed by atoms with Crippen molar-refractivity contribution in [1.82, 2.24) is 9.55 Å². The molecule has 4 N–H and O–H groups in total. The maximum Gasteiger partial charge on any atom is 0.351 e. The number of nitrogens with one attached hydrogen (secondary N) is 1. The van der Waals surface area contributed by atoms with Crippen molar-refractivity contribution in [1.29, 1.82) is 0 Å². The van der Waals surface area contributed by atoms with Gasteiger partial charge in [0.25, 0.3) is 5.56 Å². The summed E-state index contributed by atoms with van der Waals surface area (Å²) in [5.41, 5.74) is -2.61. The van der Waals surface area contributed by atoms with Crippen LogP contribution in [0.2, 0.25) is 0 Å². The molecule has 1 saturated heterocycles. The van der Waals surface area contributed by atoms with Crippen LogP contribution in [0.4, 0.5) is 0 Å². The number of rotatable bonds is 4. The van der Waals surface area contributed by atoms with Crippen LogP contribution in [0.3, 0.4) is 0 Å². The Balaban J connectivity index is 2.20. The lowest BCUT2D eigenvalue weighted by atomic mass is 10.1. The van der Waals surface area contributed by atoms with E-state index in [1.54, 1.807) is 0 Å². The highest BCUT2D eigenvalue weighted by Gasteiger charge is 2.45. The van der Waals surface area contributed by atoms with Crippen molar-refractivity contribution in [3.63, 3.8) is 0 Å². The summed E-state index contributed by atoms with van der Waals surface area (Å²) < 4.78 is 22.0. The number of ether oxygens (including phenoxy) is 2. The molecule has 0 aromatic carbocycles. The fraction of sp³-hybridized carbons (Fsp3) is 0.600. The Hall–Kier alpha value is -1.29. The number of hydrogen-bond donors (Lipinski definition) is 4. The molecule has 2 heterocycles. The zero-order valence-electron chi connectivity index (χ0n) is 11.0. The molecule has 2 rings (SSSR count). The number of aromatic amines is 1. The van der Waals surface area contributed by atoms with Gasteiger partial charge in [0.2, 0.25) is 0 Å². The summed E-state index contributed by atoms with van der Waals surface area (Å²) >= 11 is 0. The average Bonchev–Trinajstić information content (AvgIpc) is 2.61. The number of aliphatic hydroxyl groups is 1. The van der Waals surface area contributed by atoms with Gasteiger partial charge in [0.1, 0.15) is 6.10 Å². The topological polar surface area (TPSA) is 151 Å². The molecule has 0 amide bonds. The van der Waals surface area contributed by atoms with Crippen molar-refractivity contribution in [3.8, 4) is 0 Å². The minimum atomic E-state index is -4.40. The lowest BCUT2D eigenvalue weighted by molar-refractivity contribution is -0.201. The van der Waals surface area contributed by atoms with Gasteiger partial charge in [-0.05, 0) is 6.92 Å². The van der Waals surface area contributed by atoms with E-state index in [9.17, 15) is 19.3 Å². The van der Waals surface area contributed by atoms with Crippen molar-refractivity contribution in [2.75, 3.05) is 6.35 Å². The second-order valence-corrected chi connectivity index (χ2v) is 6.46. The van der Waals surface area contributed by atoms with Gasteiger partial charge in [-0.2, -0.15) is 0 Å². The maximum absolute atomic E-state index is 11.7. The zero-order valence-corrected chi connectivity index (χ0v) is 11.9. The monoisotopic (exact) mass is 322 g/mol. The predicted molar refractivity (Wildman–Crippen MR) is 68.5 cm³/mol.